The second kappa shape index (κ2) is 5.45. The first-order valence-electron chi connectivity index (χ1n) is 5.81. The first kappa shape index (κ1) is 12.3. The summed E-state index contributed by atoms with van der Waals surface area (Å²) in [5.74, 6) is 1.41. The molecule has 0 radical (unpaired) electrons. The molecule has 2 aromatic rings. The highest BCUT2D eigenvalue weighted by molar-refractivity contribution is 5.56. The number of nitrogen functional groups attached to an aromatic ring is 1. The van der Waals surface area contributed by atoms with Crippen LogP contribution in [0.5, 0.6) is 11.5 Å². The molecule has 0 bridgehead atoms. The topological polar surface area (TPSA) is 44.5 Å². The van der Waals surface area contributed by atoms with Gasteiger partial charge in [0.25, 0.3) is 0 Å². The predicted octanol–water partition coefficient (Wildman–Crippen LogP) is 3.16. The van der Waals surface area contributed by atoms with Crippen LogP contribution < -0.4 is 15.2 Å². The van der Waals surface area contributed by atoms with E-state index in [4.69, 9.17) is 15.2 Å². The fraction of sp³-hybridized carbons (Fsp3) is 0.200. The van der Waals surface area contributed by atoms with Crippen LogP contribution in [0.2, 0.25) is 0 Å². The Balaban J connectivity index is 2.07. The zero-order valence-electron chi connectivity index (χ0n) is 10.6. The van der Waals surface area contributed by atoms with E-state index in [0.29, 0.717) is 18.0 Å². The summed E-state index contributed by atoms with van der Waals surface area (Å²) in [6, 6.07) is 13.6. The van der Waals surface area contributed by atoms with E-state index in [2.05, 4.69) is 19.1 Å². The minimum Gasteiger partial charge on any atom is -0.495 e. The zero-order valence-corrected chi connectivity index (χ0v) is 10.6. The third kappa shape index (κ3) is 2.74. The molecule has 0 aliphatic carbocycles. The molecule has 0 saturated heterocycles. The van der Waals surface area contributed by atoms with E-state index in [1.807, 2.05) is 24.3 Å². The van der Waals surface area contributed by atoms with Gasteiger partial charge >= 0.3 is 0 Å². The molecule has 0 fully saturated rings. The number of rotatable bonds is 4. The van der Waals surface area contributed by atoms with Crippen molar-refractivity contribution in [2.45, 2.75) is 13.5 Å². The van der Waals surface area contributed by atoms with E-state index in [9.17, 15) is 0 Å². The fourth-order valence-corrected chi connectivity index (χ4v) is 1.74. The van der Waals surface area contributed by atoms with E-state index in [1.54, 1.807) is 13.2 Å². The molecule has 2 aromatic carbocycles. The maximum atomic E-state index is 5.83. The van der Waals surface area contributed by atoms with Gasteiger partial charge in [0.2, 0.25) is 0 Å². The summed E-state index contributed by atoms with van der Waals surface area (Å²) in [6.07, 6.45) is 0. The van der Waals surface area contributed by atoms with Gasteiger partial charge in [-0.1, -0.05) is 24.3 Å². The molecular weight excluding hydrogens is 226 g/mol. The summed E-state index contributed by atoms with van der Waals surface area (Å²) in [5, 5.41) is 0. The first-order valence-corrected chi connectivity index (χ1v) is 5.81. The monoisotopic (exact) mass is 243 g/mol. The van der Waals surface area contributed by atoms with Crippen LogP contribution in [0, 0.1) is 6.92 Å². The van der Waals surface area contributed by atoms with Crippen molar-refractivity contribution in [3.63, 3.8) is 0 Å². The van der Waals surface area contributed by atoms with Crippen molar-refractivity contribution in [2.75, 3.05) is 12.8 Å². The first-order chi connectivity index (χ1) is 8.70. The quantitative estimate of drug-likeness (QED) is 0.839. The van der Waals surface area contributed by atoms with Crippen LogP contribution in [-0.4, -0.2) is 7.11 Å². The highest BCUT2D eigenvalue weighted by atomic mass is 16.5. The molecule has 3 nitrogen and oxygen atoms in total. The number of anilines is 1. The van der Waals surface area contributed by atoms with Gasteiger partial charge in [0.1, 0.15) is 18.1 Å². The maximum absolute atomic E-state index is 5.83. The summed E-state index contributed by atoms with van der Waals surface area (Å²) in [6.45, 7) is 2.61. The molecule has 2 N–H and O–H groups in total. The lowest BCUT2D eigenvalue weighted by molar-refractivity contribution is 0.305. The molecule has 18 heavy (non-hydrogen) atoms. The average molecular weight is 243 g/mol. The summed E-state index contributed by atoms with van der Waals surface area (Å²) >= 11 is 0. The Kier molecular flexibility index (Phi) is 3.72. The number of nitrogens with two attached hydrogens (primary N) is 1. The van der Waals surface area contributed by atoms with Crippen molar-refractivity contribution in [3.8, 4) is 11.5 Å². The lowest BCUT2D eigenvalue weighted by Gasteiger charge is -2.10. The van der Waals surface area contributed by atoms with Crippen molar-refractivity contribution in [3.05, 3.63) is 53.6 Å². The maximum Gasteiger partial charge on any atom is 0.142 e. The van der Waals surface area contributed by atoms with Crippen LogP contribution >= 0.6 is 0 Å². The standard InChI is InChI=1S/C15H17NO2/c1-11-5-3-4-6-12(11)10-18-13-7-8-15(17-2)14(16)9-13/h3-9H,10,16H2,1-2H3. The number of hydrogen-bond donors (Lipinski definition) is 1. The van der Waals surface area contributed by atoms with Crippen molar-refractivity contribution in [1.29, 1.82) is 0 Å². The Labute approximate surface area is 107 Å². The lowest BCUT2D eigenvalue weighted by atomic mass is 10.1. The van der Waals surface area contributed by atoms with E-state index in [0.717, 1.165) is 5.75 Å². The van der Waals surface area contributed by atoms with Crippen molar-refractivity contribution >= 4 is 5.69 Å². The van der Waals surface area contributed by atoms with E-state index in [-0.39, 0.29) is 0 Å². The number of benzene rings is 2. The van der Waals surface area contributed by atoms with Gasteiger partial charge in [0, 0.05) is 6.07 Å². The van der Waals surface area contributed by atoms with Gasteiger partial charge in [0.15, 0.2) is 0 Å². The Morgan fingerprint density at radius 2 is 1.89 bits per heavy atom. The molecule has 3 heteroatoms. The highest BCUT2D eigenvalue weighted by Crippen LogP contribution is 2.26. The van der Waals surface area contributed by atoms with Crippen LogP contribution in [0.1, 0.15) is 11.1 Å². The molecule has 0 aliphatic rings. The molecule has 94 valence electrons. The number of ether oxygens (including phenoxy) is 2. The summed E-state index contributed by atoms with van der Waals surface area (Å²) in [7, 11) is 1.60. The third-order valence-electron chi connectivity index (χ3n) is 2.86. The fourth-order valence-electron chi connectivity index (χ4n) is 1.74. The molecular formula is C15H17NO2. The Morgan fingerprint density at radius 1 is 1.11 bits per heavy atom. The second-order valence-corrected chi connectivity index (χ2v) is 4.12. The van der Waals surface area contributed by atoms with E-state index >= 15 is 0 Å². The Bertz CT molecular complexity index is 538. The number of hydrogen-bond acceptors (Lipinski definition) is 3. The molecule has 0 spiro atoms. The minimum absolute atomic E-state index is 0.540. The van der Waals surface area contributed by atoms with Crippen molar-refractivity contribution < 1.29 is 9.47 Å². The van der Waals surface area contributed by atoms with Crippen LogP contribution in [-0.2, 0) is 6.61 Å². The van der Waals surface area contributed by atoms with Crippen molar-refractivity contribution in [1.82, 2.24) is 0 Å². The average Bonchev–Trinajstić information content (AvgIpc) is 2.38. The third-order valence-corrected chi connectivity index (χ3v) is 2.86. The van der Waals surface area contributed by atoms with Crippen LogP contribution in [0.25, 0.3) is 0 Å². The molecule has 0 saturated carbocycles. The van der Waals surface area contributed by atoms with Crippen LogP contribution in [0.15, 0.2) is 42.5 Å². The van der Waals surface area contributed by atoms with Gasteiger partial charge in [-0.2, -0.15) is 0 Å². The highest BCUT2D eigenvalue weighted by Gasteiger charge is 2.03. The van der Waals surface area contributed by atoms with E-state index in [1.165, 1.54) is 11.1 Å². The van der Waals surface area contributed by atoms with Gasteiger partial charge in [-0.25, -0.2) is 0 Å². The van der Waals surface area contributed by atoms with Gasteiger partial charge in [-0.05, 0) is 30.2 Å². The summed E-state index contributed by atoms with van der Waals surface area (Å²) in [4.78, 5) is 0. The molecule has 2 rings (SSSR count). The summed E-state index contributed by atoms with van der Waals surface area (Å²) in [5.41, 5.74) is 8.80. The SMILES string of the molecule is COc1ccc(OCc2ccccc2C)cc1N. The number of methoxy groups -OCH3 is 1. The molecule has 0 heterocycles. The molecule has 0 amide bonds. The van der Waals surface area contributed by atoms with Crippen LogP contribution in [0.4, 0.5) is 5.69 Å². The van der Waals surface area contributed by atoms with Crippen LogP contribution in [0.3, 0.4) is 0 Å². The molecule has 0 aromatic heterocycles. The second-order valence-electron chi connectivity index (χ2n) is 4.12. The zero-order chi connectivity index (χ0) is 13.0. The summed E-state index contributed by atoms with van der Waals surface area (Å²) < 4.78 is 10.8. The predicted molar refractivity (Wildman–Crippen MR) is 72.9 cm³/mol. The lowest BCUT2D eigenvalue weighted by Crippen LogP contribution is -1.99. The molecule has 0 unspecified atom stereocenters. The smallest absolute Gasteiger partial charge is 0.142 e. The van der Waals surface area contributed by atoms with E-state index < -0.39 is 0 Å². The normalized spacial score (nSPS) is 10.1. The molecule has 0 aliphatic heterocycles. The van der Waals surface area contributed by atoms with Gasteiger partial charge in [-0.3, -0.25) is 0 Å². The van der Waals surface area contributed by atoms with Gasteiger partial charge in [0.05, 0.1) is 12.8 Å². The largest absolute Gasteiger partial charge is 0.495 e. The van der Waals surface area contributed by atoms with Crippen molar-refractivity contribution in [2.24, 2.45) is 0 Å². The Hall–Kier alpha value is -2.16. The van der Waals surface area contributed by atoms with Gasteiger partial charge in [-0.15, -0.1) is 0 Å². The minimum atomic E-state index is 0.540. The van der Waals surface area contributed by atoms with Gasteiger partial charge < -0.3 is 15.2 Å². The Morgan fingerprint density at radius 3 is 2.56 bits per heavy atom. The number of aryl methyl sites for hydroxylation is 1. The molecule has 0 atom stereocenters.